The van der Waals surface area contributed by atoms with Crippen LogP contribution in [0.4, 0.5) is 0 Å². The van der Waals surface area contributed by atoms with E-state index in [0.717, 1.165) is 45.8 Å². The second kappa shape index (κ2) is 7.34. The lowest BCUT2D eigenvalue weighted by atomic mass is 9.92. The van der Waals surface area contributed by atoms with Crippen LogP contribution in [-0.4, -0.2) is 44.0 Å². The molecule has 0 bridgehead atoms. The number of amides is 1. The van der Waals surface area contributed by atoms with E-state index in [4.69, 9.17) is 9.97 Å². The Labute approximate surface area is 174 Å². The fraction of sp³-hybridized carbons (Fsp3) is 0.348. The number of rotatable bonds is 3. The van der Waals surface area contributed by atoms with Gasteiger partial charge in [0.15, 0.2) is 5.16 Å². The summed E-state index contributed by atoms with van der Waals surface area (Å²) in [5, 5.41) is 1.84. The molecule has 6 heteroatoms. The van der Waals surface area contributed by atoms with E-state index in [1.807, 2.05) is 41.3 Å². The highest BCUT2D eigenvalue weighted by atomic mass is 32.2. The normalized spacial score (nSPS) is 20.0. The zero-order valence-corrected chi connectivity index (χ0v) is 17.5. The van der Waals surface area contributed by atoms with Crippen molar-refractivity contribution in [3.8, 4) is 0 Å². The van der Waals surface area contributed by atoms with Crippen LogP contribution in [0.15, 0.2) is 53.7 Å². The molecule has 2 atom stereocenters. The van der Waals surface area contributed by atoms with Crippen LogP contribution >= 0.6 is 11.8 Å². The molecule has 5 nitrogen and oxygen atoms in total. The van der Waals surface area contributed by atoms with E-state index in [2.05, 4.69) is 30.4 Å². The van der Waals surface area contributed by atoms with Gasteiger partial charge in [0.1, 0.15) is 5.65 Å². The van der Waals surface area contributed by atoms with Crippen molar-refractivity contribution in [1.82, 2.24) is 19.3 Å². The Hall–Kier alpha value is -2.60. The third-order valence-electron chi connectivity index (χ3n) is 5.66. The Morgan fingerprint density at radius 3 is 2.48 bits per heavy atom. The molecule has 1 fully saturated rings. The van der Waals surface area contributed by atoms with Crippen LogP contribution in [0.5, 0.6) is 0 Å². The maximum absolute atomic E-state index is 12.9. The number of thioether (sulfide) groups is 1. The Morgan fingerprint density at radius 2 is 1.69 bits per heavy atom. The Bertz CT molecular complexity index is 1210. The van der Waals surface area contributed by atoms with Gasteiger partial charge in [-0.2, -0.15) is 0 Å². The van der Waals surface area contributed by atoms with Gasteiger partial charge in [0.25, 0.3) is 0 Å². The Kier molecular flexibility index (Phi) is 4.66. The molecule has 29 heavy (non-hydrogen) atoms. The standard InChI is InChI=1S/C23H24N4OS/c1-15-11-16(2)13-26(12-15)21(28)14-29-23-25-18-8-4-3-7-17(18)22-24-19-9-5-6-10-20(19)27(22)23/h3-10,15-16H,11-14H2,1-2H3/t15-,16+. The molecule has 1 aliphatic rings. The van der Waals surface area contributed by atoms with Crippen LogP contribution in [-0.2, 0) is 4.79 Å². The molecule has 1 saturated heterocycles. The maximum Gasteiger partial charge on any atom is 0.233 e. The van der Waals surface area contributed by atoms with E-state index in [0.29, 0.717) is 17.6 Å². The van der Waals surface area contributed by atoms with Gasteiger partial charge in [0.2, 0.25) is 5.91 Å². The van der Waals surface area contributed by atoms with Gasteiger partial charge in [-0.25, -0.2) is 9.97 Å². The number of benzene rings is 2. The molecule has 2 aromatic heterocycles. The smallest absolute Gasteiger partial charge is 0.233 e. The third kappa shape index (κ3) is 3.35. The quantitative estimate of drug-likeness (QED) is 0.369. The van der Waals surface area contributed by atoms with Gasteiger partial charge in [-0.05, 0) is 42.5 Å². The molecule has 1 aliphatic heterocycles. The number of imidazole rings is 1. The summed E-state index contributed by atoms with van der Waals surface area (Å²) in [5.74, 6) is 1.72. The molecule has 148 valence electrons. The van der Waals surface area contributed by atoms with E-state index in [9.17, 15) is 4.79 Å². The number of piperidine rings is 1. The predicted molar refractivity (Wildman–Crippen MR) is 118 cm³/mol. The zero-order valence-electron chi connectivity index (χ0n) is 16.7. The van der Waals surface area contributed by atoms with Gasteiger partial charge in [-0.3, -0.25) is 9.20 Å². The summed E-state index contributed by atoms with van der Waals surface area (Å²) in [6.07, 6.45) is 1.20. The number of fused-ring (bicyclic) bond motifs is 5. The lowest BCUT2D eigenvalue weighted by Gasteiger charge is -2.35. The van der Waals surface area contributed by atoms with Gasteiger partial charge >= 0.3 is 0 Å². The summed E-state index contributed by atoms with van der Waals surface area (Å²) < 4.78 is 2.09. The van der Waals surface area contributed by atoms with E-state index in [1.54, 1.807) is 0 Å². The van der Waals surface area contributed by atoms with Crippen molar-refractivity contribution >= 4 is 45.3 Å². The first-order valence-corrected chi connectivity index (χ1v) is 11.1. The Balaban J connectivity index is 1.53. The van der Waals surface area contributed by atoms with Gasteiger partial charge in [0, 0.05) is 18.5 Å². The van der Waals surface area contributed by atoms with Crippen molar-refractivity contribution in [2.45, 2.75) is 25.4 Å². The fourth-order valence-electron chi connectivity index (χ4n) is 4.49. The molecule has 0 saturated carbocycles. The van der Waals surface area contributed by atoms with Gasteiger partial charge in [0.05, 0.1) is 22.3 Å². The number of carbonyl (C=O) groups excluding carboxylic acids is 1. The molecular weight excluding hydrogens is 380 g/mol. The third-order valence-corrected chi connectivity index (χ3v) is 6.58. The number of para-hydroxylation sites is 3. The SMILES string of the molecule is C[C@@H]1C[C@H](C)CN(C(=O)CSc2nc3ccccc3c3nc4ccccc4n23)C1. The molecule has 0 aliphatic carbocycles. The number of aromatic nitrogens is 3. The summed E-state index contributed by atoms with van der Waals surface area (Å²) in [5.41, 5.74) is 3.77. The second-order valence-electron chi connectivity index (χ2n) is 8.20. The molecule has 0 spiro atoms. The highest BCUT2D eigenvalue weighted by Gasteiger charge is 2.25. The largest absolute Gasteiger partial charge is 0.341 e. The maximum atomic E-state index is 12.9. The summed E-state index contributed by atoms with van der Waals surface area (Å²) in [4.78, 5) is 24.7. The minimum atomic E-state index is 0.195. The average Bonchev–Trinajstić information content (AvgIpc) is 3.11. The van der Waals surface area contributed by atoms with E-state index in [1.165, 1.54) is 18.2 Å². The summed E-state index contributed by atoms with van der Waals surface area (Å²) in [6.45, 7) is 6.18. The first kappa shape index (κ1) is 18.4. The van der Waals surface area contributed by atoms with E-state index >= 15 is 0 Å². The van der Waals surface area contributed by atoms with Gasteiger partial charge in [-0.1, -0.05) is 49.9 Å². The fourth-order valence-corrected chi connectivity index (χ4v) is 5.41. The van der Waals surface area contributed by atoms with Crippen LogP contribution in [0.3, 0.4) is 0 Å². The molecule has 2 aromatic carbocycles. The number of nitrogens with zero attached hydrogens (tertiary/aromatic N) is 4. The molecule has 0 N–H and O–H groups in total. The molecular formula is C23H24N4OS. The van der Waals surface area contributed by atoms with Gasteiger partial charge < -0.3 is 4.90 Å². The van der Waals surface area contributed by atoms with Crippen LogP contribution in [0, 0.1) is 11.8 Å². The molecule has 5 rings (SSSR count). The van der Waals surface area contributed by atoms with Crippen LogP contribution in [0.1, 0.15) is 20.3 Å². The minimum absolute atomic E-state index is 0.195. The van der Waals surface area contributed by atoms with E-state index < -0.39 is 0 Å². The number of hydrogen-bond acceptors (Lipinski definition) is 4. The highest BCUT2D eigenvalue weighted by molar-refractivity contribution is 7.99. The predicted octanol–water partition coefficient (Wildman–Crippen LogP) is 4.63. The zero-order chi connectivity index (χ0) is 20.0. The average molecular weight is 405 g/mol. The van der Waals surface area contributed by atoms with Crippen molar-refractivity contribution in [2.24, 2.45) is 11.8 Å². The molecule has 0 unspecified atom stereocenters. The molecule has 4 aromatic rings. The topological polar surface area (TPSA) is 50.5 Å². The van der Waals surface area contributed by atoms with Crippen LogP contribution in [0.25, 0.3) is 27.6 Å². The Morgan fingerprint density at radius 1 is 1.00 bits per heavy atom. The first-order valence-electron chi connectivity index (χ1n) is 10.2. The monoisotopic (exact) mass is 404 g/mol. The highest BCUT2D eigenvalue weighted by Crippen LogP contribution is 2.29. The minimum Gasteiger partial charge on any atom is -0.341 e. The number of likely N-dealkylation sites (tertiary alicyclic amines) is 1. The number of carbonyl (C=O) groups is 1. The van der Waals surface area contributed by atoms with Crippen LogP contribution < -0.4 is 0 Å². The molecule has 0 radical (unpaired) electrons. The molecule has 1 amide bonds. The first-order chi connectivity index (χ1) is 14.1. The van der Waals surface area contributed by atoms with Crippen LogP contribution in [0.2, 0.25) is 0 Å². The van der Waals surface area contributed by atoms with Crippen molar-refractivity contribution < 1.29 is 4.79 Å². The lowest BCUT2D eigenvalue weighted by Crippen LogP contribution is -2.43. The summed E-state index contributed by atoms with van der Waals surface area (Å²) >= 11 is 1.51. The van der Waals surface area contributed by atoms with Gasteiger partial charge in [-0.15, -0.1) is 0 Å². The second-order valence-corrected chi connectivity index (χ2v) is 9.15. The van der Waals surface area contributed by atoms with Crippen molar-refractivity contribution in [2.75, 3.05) is 18.8 Å². The van der Waals surface area contributed by atoms with Crippen molar-refractivity contribution in [3.05, 3.63) is 48.5 Å². The summed E-state index contributed by atoms with van der Waals surface area (Å²) in [6, 6.07) is 16.2. The van der Waals surface area contributed by atoms with Crippen molar-refractivity contribution in [1.29, 1.82) is 0 Å². The van der Waals surface area contributed by atoms with E-state index in [-0.39, 0.29) is 5.91 Å². The molecule has 3 heterocycles. The summed E-state index contributed by atoms with van der Waals surface area (Å²) in [7, 11) is 0. The van der Waals surface area contributed by atoms with Crippen molar-refractivity contribution in [3.63, 3.8) is 0 Å². The lowest BCUT2D eigenvalue weighted by molar-refractivity contribution is -0.130. The number of hydrogen-bond donors (Lipinski definition) is 0.